The standard InChI is InChI=1S/C11H14N4S/c1-15-6-13-7-5-9(12)14-10(11(7)15)8-3-2-4-16-8/h5-6,8H,2-4H2,1H3,(H2,12,14). The Balaban J connectivity index is 2.23. The van der Waals surface area contributed by atoms with Crippen LogP contribution in [0.25, 0.3) is 11.0 Å². The van der Waals surface area contributed by atoms with Crippen molar-refractivity contribution >= 4 is 28.6 Å². The van der Waals surface area contributed by atoms with E-state index >= 15 is 0 Å². The number of aromatic nitrogens is 3. The van der Waals surface area contributed by atoms with Crippen molar-refractivity contribution in [3.63, 3.8) is 0 Å². The Morgan fingerprint density at radius 1 is 1.56 bits per heavy atom. The van der Waals surface area contributed by atoms with Crippen LogP contribution in [0.5, 0.6) is 0 Å². The summed E-state index contributed by atoms with van der Waals surface area (Å²) in [6.07, 6.45) is 4.29. The molecule has 84 valence electrons. The summed E-state index contributed by atoms with van der Waals surface area (Å²) in [5, 5.41) is 0.487. The van der Waals surface area contributed by atoms with Crippen molar-refractivity contribution in [2.24, 2.45) is 7.05 Å². The molecule has 4 nitrogen and oxygen atoms in total. The second-order valence-electron chi connectivity index (χ2n) is 4.16. The molecule has 1 unspecified atom stereocenters. The summed E-state index contributed by atoms with van der Waals surface area (Å²) >= 11 is 1.97. The Bertz CT molecular complexity index is 528. The van der Waals surface area contributed by atoms with E-state index in [0.717, 1.165) is 16.7 Å². The van der Waals surface area contributed by atoms with Gasteiger partial charge >= 0.3 is 0 Å². The molecule has 1 atom stereocenters. The fraction of sp³-hybridized carbons (Fsp3) is 0.455. The van der Waals surface area contributed by atoms with Gasteiger partial charge in [-0.2, -0.15) is 11.8 Å². The molecule has 5 heteroatoms. The number of hydrogen-bond donors (Lipinski definition) is 1. The maximum Gasteiger partial charge on any atom is 0.125 e. The van der Waals surface area contributed by atoms with Gasteiger partial charge in [0.15, 0.2) is 0 Å². The van der Waals surface area contributed by atoms with Crippen LogP contribution in [0.2, 0.25) is 0 Å². The van der Waals surface area contributed by atoms with Crippen LogP contribution < -0.4 is 5.73 Å². The predicted octanol–water partition coefficient (Wildman–Crippen LogP) is 2.12. The molecule has 2 aromatic rings. The van der Waals surface area contributed by atoms with Crippen LogP contribution in [0, 0.1) is 0 Å². The number of aryl methyl sites for hydroxylation is 1. The minimum Gasteiger partial charge on any atom is -0.384 e. The number of pyridine rings is 1. The van der Waals surface area contributed by atoms with Gasteiger partial charge in [0.25, 0.3) is 0 Å². The minimum atomic E-state index is 0.487. The van der Waals surface area contributed by atoms with Crippen molar-refractivity contribution in [2.75, 3.05) is 11.5 Å². The van der Waals surface area contributed by atoms with Gasteiger partial charge in [0.1, 0.15) is 5.82 Å². The van der Waals surface area contributed by atoms with E-state index < -0.39 is 0 Å². The van der Waals surface area contributed by atoms with Crippen LogP contribution in [0.4, 0.5) is 5.82 Å². The van der Waals surface area contributed by atoms with Crippen LogP contribution in [0.15, 0.2) is 12.4 Å². The van der Waals surface area contributed by atoms with Gasteiger partial charge in [-0.05, 0) is 18.6 Å². The normalized spacial score (nSPS) is 20.7. The number of hydrogen-bond acceptors (Lipinski definition) is 4. The molecular weight excluding hydrogens is 220 g/mol. The van der Waals surface area contributed by atoms with Gasteiger partial charge in [-0.25, -0.2) is 9.97 Å². The molecule has 0 amide bonds. The predicted molar refractivity (Wildman–Crippen MR) is 67.4 cm³/mol. The Hall–Kier alpha value is -1.23. The van der Waals surface area contributed by atoms with Crippen molar-refractivity contribution in [3.05, 3.63) is 18.1 Å². The summed E-state index contributed by atoms with van der Waals surface area (Å²) in [4.78, 5) is 8.86. The molecule has 2 aromatic heterocycles. The van der Waals surface area contributed by atoms with Gasteiger partial charge in [-0.3, -0.25) is 0 Å². The Morgan fingerprint density at radius 2 is 2.44 bits per heavy atom. The van der Waals surface area contributed by atoms with E-state index in [9.17, 15) is 0 Å². The minimum absolute atomic E-state index is 0.487. The van der Waals surface area contributed by atoms with E-state index in [1.165, 1.54) is 18.6 Å². The topological polar surface area (TPSA) is 56.7 Å². The molecule has 0 saturated carbocycles. The van der Waals surface area contributed by atoms with E-state index in [2.05, 4.69) is 9.97 Å². The molecule has 0 spiro atoms. The second-order valence-corrected chi connectivity index (χ2v) is 5.47. The highest BCUT2D eigenvalue weighted by Gasteiger charge is 2.23. The lowest BCUT2D eigenvalue weighted by molar-refractivity contribution is 0.805. The van der Waals surface area contributed by atoms with E-state index in [-0.39, 0.29) is 0 Å². The van der Waals surface area contributed by atoms with Gasteiger partial charge < -0.3 is 10.3 Å². The largest absolute Gasteiger partial charge is 0.384 e. The molecule has 1 aliphatic heterocycles. The molecule has 3 rings (SSSR count). The highest BCUT2D eigenvalue weighted by molar-refractivity contribution is 7.99. The smallest absolute Gasteiger partial charge is 0.125 e. The average Bonchev–Trinajstić information content (AvgIpc) is 2.87. The molecule has 3 heterocycles. The van der Waals surface area contributed by atoms with Crippen molar-refractivity contribution in [2.45, 2.75) is 18.1 Å². The first-order valence-corrected chi connectivity index (χ1v) is 6.49. The van der Waals surface area contributed by atoms with Crippen LogP contribution in [-0.2, 0) is 7.05 Å². The fourth-order valence-electron chi connectivity index (χ4n) is 2.25. The molecule has 0 aromatic carbocycles. The Labute approximate surface area is 98.3 Å². The molecule has 16 heavy (non-hydrogen) atoms. The van der Waals surface area contributed by atoms with E-state index in [4.69, 9.17) is 5.73 Å². The third-order valence-electron chi connectivity index (χ3n) is 2.98. The summed E-state index contributed by atoms with van der Waals surface area (Å²) < 4.78 is 2.04. The summed E-state index contributed by atoms with van der Waals surface area (Å²) in [7, 11) is 2.01. The molecular formula is C11H14N4S. The number of anilines is 1. The SMILES string of the molecule is Cn1cnc2cc(N)nc(C3CCCS3)c21. The molecule has 0 radical (unpaired) electrons. The highest BCUT2D eigenvalue weighted by atomic mass is 32.2. The van der Waals surface area contributed by atoms with E-state index in [0.29, 0.717) is 11.1 Å². The lowest BCUT2D eigenvalue weighted by Crippen LogP contribution is -2.02. The zero-order valence-electron chi connectivity index (χ0n) is 9.18. The van der Waals surface area contributed by atoms with Gasteiger partial charge in [0.05, 0.1) is 23.1 Å². The molecule has 0 bridgehead atoms. The van der Waals surface area contributed by atoms with E-state index in [1.807, 2.05) is 35.8 Å². The van der Waals surface area contributed by atoms with E-state index in [1.54, 1.807) is 0 Å². The quantitative estimate of drug-likeness (QED) is 0.821. The number of rotatable bonds is 1. The van der Waals surface area contributed by atoms with Crippen molar-refractivity contribution in [1.82, 2.24) is 14.5 Å². The zero-order chi connectivity index (χ0) is 11.1. The summed E-state index contributed by atoms with van der Waals surface area (Å²) in [6, 6.07) is 1.85. The first kappa shape index (κ1) is 9.96. The van der Waals surface area contributed by atoms with Gasteiger partial charge in [-0.1, -0.05) is 0 Å². The molecule has 1 saturated heterocycles. The molecule has 0 aliphatic carbocycles. The van der Waals surface area contributed by atoms with Crippen molar-refractivity contribution in [1.29, 1.82) is 0 Å². The van der Waals surface area contributed by atoms with Gasteiger partial charge in [-0.15, -0.1) is 0 Å². The molecule has 2 N–H and O–H groups in total. The zero-order valence-corrected chi connectivity index (χ0v) is 10.00. The summed E-state index contributed by atoms with van der Waals surface area (Å²) in [6.45, 7) is 0. The van der Waals surface area contributed by atoms with Gasteiger partial charge in [0.2, 0.25) is 0 Å². The van der Waals surface area contributed by atoms with Crippen LogP contribution in [-0.4, -0.2) is 20.3 Å². The number of nitrogens with zero attached hydrogens (tertiary/aromatic N) is 3. The fourth-order valence-corrected chi connectivity index (χ4v) is 3.52. The number of thioether (sulfide) groups is 1. The monoisotopic (exact) mass is 234 g/mol. The molecule has 1 fully saturated rings. The number of nitrogens with two attached hydrogens (primary N) is 1. The lowest BCUT2D eigenvalue weighted by atomic mass is 10.1. The van der Waals surface area contributed by atoms with Crippen LogP contribution >= 0.6 is 11.8 Å². The summed E-state index contributed by atoms with van der Waals surface area (Å²) in [5.41, 5.74) is 9.03. The van der Waals surface area contributed by atoms with Crippen LogP contribution in [0.3, 0.4) is 0 Å². The lowest BCUT2D eigenvalue weighted by Gasteiger charge is -2.11. The third-order valence-corrected chi connectivity index (χ3v) is 4.36. The van der Waals surface area contributed by atoms with Crippen LogP contribution in [0.1, 0.15) is 23.8 Å². The highest BCUT2D eigenvalue weighted by Crippen LogP contribution is 2.41. The Morgan fingerprint density at radius 3 is 3.19 bits per heavy atom. The maximum atomic E-state index is 5.83. The maximum absolute atomic E-state index is 5.83. The number of nitrogen functional groups attached to an aromatic ring is 1. The first-order chi connectivity index (χ1) is 7.75. The second kappa shape index (κ2) is 3.66. The average molecular weight is 234 g/mol. The number of fused-ring (bicyclic) bond motifs is 1. The van der Waals surface area contributed by atoms with Gasteiger partial charge in [0, 0.05) is 18.4 Å². The van der Waals surface area contributed by atoms with Crippen molar-refractivity contribution in [3.8, 4) is 0 Å². The molecule has 1 aliphatic rings. The third kappa shape index (κ3) is 1.46. The number of imidazole rings is 1. The Kier molecular flexibility index (Phi) is 2.28. The van der Waals surface area contributed by atoms with Crippen molar-refractivity contribution < 1.29 is 0 Å². The summed E-state index contributed by atoms with van der Waals surface area (Å²) in [5.74, 6) is 1.80. The first-order valence-electron chi connectivity index (χ1n) is 5.45.